The monoisotopic (exact) mass is 152 g/mol. The zero-order valence-electron chi connectivity index (χ0n) is 6.96. The summed E-state index contributed by atoms with van der Waals surface area (Å²) in [7, 11) is 0. The maximum absolute atomic E-state index is 10.6. The number of hydrogen-bond donors (Lipinski definition) is 0. The maximum atomic E-state index is 10.6. The van der Waals surface area contributed by atoms with Crippen LogP contribution in [0.4, 0.5) is 0 Å². The molecule has 0 unspecified atom stereocenters. The van der Waals surface area contributed by atoms with Crippen molar-refractivity contribution in [3.8, 4) is 0 Å². The second-order valence-electron chi connectivity index (χ2n) is 3.37. The standard InChI is InChI=1S/C10H16O/c1-2-5-9-6-3-4-7-10(9)8-11/h2,8-10H,1,3-7H2/t9-,10+/m1/s1. The molecule has 1 nitrogen and oxygen atoms in total. The first kappa shape index (κ1) is 8.51. The Morgan fingerprint density at radius 3 is 2.73 bits per heavy atom. The number of carbonyl (C=O) groups excluding carboxylic acids is 1. The number of hydrogen-bond acceptors (Lipinski definition) is 1. The van der Waals surface area contributed by atoms with E-state index in [1.165, 1.54) is 19.3 Å². The first-order valence-corrected chi connectivity index (χ1v) is 4.44. The highest BCUT2D eigenvalue weighted by atomic mass is 16.1. The predicted molar refractivity (Wildman–Crippen MR) is 46.3 cm³/mol. The molecule has 1 fully saturated rings. The molecule has 0 spiro atoms. The molecule has 0 radical (unpaired) electrons. The summed E-state index contributed by atoms with van der Waals surface area (Å²) in [5.41, 5.74) is 0. The van der Waals surface area contributed by atoms with Crippen LogP contribution in [0.1, 0.15) is 32.1 Å². The van der Waals surface area contributed by atoms with Crippen molar-refractivity contribution in [3.05, 3.63) is 12.7 Å². The smallest absolute Gasteiger partial charge is 0.123 e. The Hall–Kier alpha value is -0.590. The lowest BCUT2D eigenvalue weighted by Gasteiger charge is -2.26. The van der Waals surface area contributed by atoms with Crippen LogP contribution in [0.2, 0.25) is 0 Å². The molecule has 0 saturated heterocycles. The van der Waals surface area contributed by atoms with E-state index in [1.807, 2.05) is 6.08 Å². The molecule has 0 N–H and O–H groups in total. The van der Waals surface area contributed by atoms with Gasteiger partial charge in [0.05, 0.1) is 0 Å². The quantitative estimate of drug-likeness (QED) is 0.448. The van der Waals surface area contributed by atoms with Crippen molar-refractivity contribution in [2.75, 3.05) is 0 Å². The molecule has 0 bridgehead atoms. The van der Waals surface area contributed by atoms with Crippen molar-refractivity contribution >= 4 is 6.29 Å². The summed E-state index contributed by atoms with van der Waals surface area (Å²) in [6, 6.07) is 0. The summed E-state index contributed by atoms with van der Waals surface area (Å²) in [5.74, 6) is 0.917. The third kappa shape index (κ3) is 2.18. The number of aldehydes is 1. The molecule has 0 aromatic heterocycles. The van der Waals surface area contributed by atoms with Gasteiger partial charge in [0.1, 0.15) is 6.29 Å². The van der Waals surface area contributed by atoms with Gasteiger partial charge < -0.3 is 4.79 Å². The van der Waals surface area contributed by atoms with Crippen molar-refractivity contribution in [2.24, 2.45) is 11.8 Å². The lowest BCUT2D eigenvalue weighted by molar-refractivity contribution is -0.113. The van der Waals surface area contributed by atoms with Gasteiger partial charge in [0.15, 0.2) is 0 Å². The van der Waals surface area contributed by atoms with Gasteiger partial charge in [-0.05, 0) is 25.2 Å². The molecule has 0 aliphatic heterocycles. The molecule has 1 aliphatic carbocycles. The lowest BCUT2D eigenvalue weighted by atomic mass is 9.78. The number of rotatable bonds is 3. The Kier molecular flexibility index (Phi) is 3.34. The lowest BCUT2D eigenvalue weighted by Crippen LogP contribution is -2.19. The summed E-state index contributed by atoms with van der Waals surface area (Å²) < 4.78 is 0. The fourth-order valence-corrected chi connectivity index (χ4v) is 1.92. The van der Waals surface area contributed by atoms with Crippen LogP contribution in [0.15, 0.2) is 12.7 Å². The molecule has 0 aromatic rings. The molecule has 11 heavy (non-hydrogen) atoms. The van der Waals surface area contributed by atoms with E-state index in [0.717, 1.165) is 19.1 Å². The highest BCUT2D eigenvalue weighted by molar-refractivity contribution is 5.54. The molecule has 0 aromatic carbocycles. The third-order valence-corrected chi connectivity index (χ3v) is 2.61. The van der Waals surface area contributed by atoms with Gasteiger partial charge in [-0.3, -0.25) is 0 Å². The van der Waals surface area contributed by atoms with Gasteiger partial charge in [0.25, 0.3) is 0 Å². The molecular weight excluding hydrogens is 136 g/mol. The topological polar surface area (TPSA) is 17.1 Å². The maximum Gasteiger partial charge on any atom is 0.123 e. The summed E-state index contributed by atoms with van der Waals surface area (Å²) in [4.78, 5) is 10.6. The fourth-order valence-electron chi connectivity index (χ4n) is 1.92. The summed E-state index contributed by atoms with van der Waals surface area (Å²) in [6.07, 6.45) is 8.93. The Labute approximate surface area is 68.5 Å². The van der Waals surface area contributed by atoms with Gasteiger partial charge in [0, 0.05) is 5.92 Å². The average molecular weight is 152 g/mol. The van der Waals surface area contributed by atoms with E-state index >= 15 is 0 Å². The summed E-state index contributed by atoms with van der Waals surface area (Å²) in [6.45, 7) is 3.71. The molecular formula is C10H16O. The van der Waals surface area contributed by atoms with Crippen molar-refractivity contribution in [1.82, 2.24) is 0 Å². The van der Waals surface area contributed by atoms with Gasteiger partial charge in [-0.15, -0.1) is 6.58 Å². The van der Waals surface area contributed by atoms with E-state index in [1.54, 1.807) is 0 Å². The van der Waals surface area contributed by atoms with Gasteiger partial charge in [0.2, 0.25) is 0 Å². The minimum Gasteiger partial charge on any atom is -0.303 e. The molecule has 1 aliphatic rings. The van der Waals surface area contributed by atoms with Gasteiger partial charge in [-0.2, -0.15) is 0 Å². The molecule has 62 valence electrons. The summed E-state index contributed by atoms with van der Waals surface area (Å²) >= 11 is 0. The zero-order valence-corrected chi connectivity index (χ0v) is 6.96. The number of allylic oxidation sites excluding steroid dienone is 1. The van der Waals surface area contributed by atoms with Crippen LogP contribution in [0.5, 0.6) is 0 Å². The molecule has 1 saturated carbocycles. The molecule has 0 amide bonds. The van der Waals surface area contributed by atoms with Crippen LogP contribution in [0, 0.1) is 11.8 Å². The highest BCUT2D eigenvalue weighted by Gasteiger charge is 2.22. The van der Waals surface area contributed by atoms with Crippen LogP contribution in [0.3, 0.4) is 0 Å². The van der Waals surface area contributed by atoms with Gasteiger partial charge >= 0.3 is 0 Å². The molecule has 1 heteroatoms. The van der Waals surface area contributed by atoms with Crippen LogP contribution < -0.4 is 0 Å². The molecule has 2 atom stereocenters. The third-order valence-electron chi connectivity index (χ3n) is 2.61. The number of carbonyl (C=O) groups is 1. The van der Waals surface area contributed by atoms with E-state index < -0.39 is 0 Å². The van der Waals surface area contributed by atoms with Crippen molar-refractivity contribution in [3.63, 3.8) is 0 Å². The Morgan fingerprint density at radius 1 is 1.36 bits per heavy atom. The molecule has 1 rings (SSSR count). The normalized spacial score (nSPS) is 31.3. The van der Waals surface area contributed by atoms with Crippen molar-refractivity contribution in [2.45, 2.75) is 32.1 Å². The second kappa shape index (κ2) is 4.32. The summed E-state index contributed by atoms with van der Waals surface area (Å²) in [5, 5.41) is 0. The SMILES string of the molecule is C=CC[C@@H]1CCCC[C@H]1C=O. The van der Waals surface area contributed by atoms with Crippen molar-refractivity contribution in [1.29, 1.82) is 0 Å². The van der Waals surface area contributed by atoms with Crippen LogP contribution in [0.25, 0.3) is 0 Å². The van der Waals surface area contributed by atoms with E-state index in [4.69, 9.17) is 0 Å². The Balaban J connectivity index is 2.43. The minimum atomic E-state index is 0.321. The minimum absolute atomic E-state index is 0.321. The molecule has 0 heterocycles. The van der Waals surface area contributed by atoms with Crippen molar-refractivity contribution < 1.29 is 4.79 Å². The van der Waals surface area contributed by atoms with Gasteiger partial charge in [-0.1, -0.05) is 18.9 Å². The Bertz CT molecular complexity index is 140. The Morgan fingerprint density at radius 2 is 2.09 bits per heavy atom. The largest absolute Gasteiger partial charge is 0.303 e. The highest BCUT2D eigenvalue weighted by Crippen LogP contribution is 2.30. The van der Waals surface area contributed by atoms with E-state index in [2.05, 4.69) is 6.58 Å². The van der Waals surface area contributed by atoms with E-state index in [0.29, 0.717) is 11.8 Å². The fraction of sp³-hybridized carbons (Fsp3) is 0.700. The van der Waals surface area contributed by atoms with E-state index in [9.17, 15) is 4.79 Å². The average Bonchev–Trinajstić information content (AvgIpc) is 2.06. The van der Waals surface area contributed by atoms with E-state index in [-0.39, 0.29) is 0 Å². The van der Waals surface area contributed by atoms with Crippen LogP contribution >= 0.6 is 0 Å². The zero-order chi connectivity index (χ0) is 8.10. The van der Waals surface area contributed by atoms with Crippen LogP contribution in [-0.2, 0) is 4.79 Å². The van der Waals surface area contributed by atoms with Crippen LogP contribution in [-0.4, -0.2) is 6.29 Å². The first-order valence-electron chi connectivity index (χ1n) is 4.44. The predicted octanol–water partition coefficient (Wildman–Crippen LogP) is 2.57. The first-order chi connectivity index (χ1) is 5.38. The van der Waals surface area contributed by atoms with Gasteiger partial charge in [-0.25, -0.2) is 0 Å². The second-order valence-corrected chi connectivity index (χ2v) is 3.37.